The number of amides is 1. The normalized spacial score (nSPS) is 12.3. The number of carbonyl (C=O) groups excluding carboxylic acids is 1. The highest BCUT2D eigenvalue weighted by Crippen LogP contribution is 2.21. The minimum absolute atomic E-state index is 0.218. The molecule has 112 valence electrons. The second kappa shape index (κ2) is 5.81. The molecule has 2 aromatic carbocycles. The van der Waals surface area contributed by atoms with E-state index in [4.69, 9.17) is 11.6 Å². The van der Waals surface area contributed by atoms with E-state index >= 15 is 0 Å². The molecule has 0 saturated carbocycles. The van der Waals surface area contributed by atoms with Crippen LogP contribution < -0.4 is 5.32 Å². The minimum atomic E-state index is -0.297. The summed E-state index contributed by atoms with van der Waals surface area (Å²) in [7, 11) is 0. The van der Waals surface area contributed by atoms with E-state index in [2.05, 4.69) is 10.3 Å². The van der Waals surface area contributed by atoms with Gasteiger partial charge in [-0.25, -0.2) is 4.39 Å². The van der Waals surface area contributed by atoms with Crippen LogP contribution in [0.5, 0.6) is 0 Å². The van der Waals surface area contributed by atoms with Gasteiger partial charge in [0.15, 0.2) is 0 Å². The lowest BCUT2D eigenvalue weighted by Gasteiger charge is -2.13. The number of benzene rings is 2. The first-order valence-corrected chi connectivity index (χ1v) is 7.25. The van der Waals surface area contributed by atoms with Crippen LogP contribution >= 0.6 is 11.6 Å². The maximum Gasteiger partial charge on any atom is 0.268 e. The number of rotatable bonds is 3. The first kappa shape index (κ1) is 14.6. The van der Waals surface area contributed by atoms with Gasteiger partial charge >= 0.3 is 0 Å². The van der Waals surface area contributed by atoms with E-state index in [0.29, 0.717) is 10.7 Å². The van der Waals surface area contributed by atoms with E-state index in [1.165, 1.54) is 12.1 Å². The number of carbonyl (C=O) groups is 1. The highest BCUT2D eigenvalue weighted by molar-refractivity contribution is 6.31. The maximum absolute atomic E-state index is 12.9. The van der Waals surface area contributed by atoms with Gasteiger partial charge < -0.3 is 10.3 Å². The van der Waals surface area contributed by atoms with Crippen molar-refractivity contribution in [3.63, 3.8) is 0 Å². The van der Waals surface area contributed by atoms with Gasteiger partial charge in [0.25, 0.3) is 5.91 Å². The van der Waals surface area contributed by atoms with Crippen molar-refractivity contribution in [3.8, 4) is 0 Å². The molecule has 1 aromatic heterocycles. The van der Waals surface area contributed by atoms with E-state index in [0.717, 1.165) is 16.5 Å². The second-order valence-electron chi connectivity index (χ2n) is 5.16. The fraction of sp³-hybridized carbons (Fsp3) is 0.118. The van der Waals surface area contributed by atoms with Crippen LogP contribution in [-0.2, 0) is 0 Å². The Morgan fingerprint density at radius 1 is 1.18 bits per heavy atom. The Hall–Kier alpha value is -2.33. The Morgan fingerprint density at radius 3 is 2.64 bits per heavy atom. The summed E-state index contributed by atoms with van der Waals surface area (Å²) >= 11 is 5.94. The number of hydrogen-bond acceptors (Lipinski definition) is 1. The molecule has 0 aliphatic carbocycles. The van der Waals surface area contributed by atoms with Crippen molar-refractivity contribution in [2.24, 2.45) is 0 Å². The number of H-pyrrole nitrogens is 1. The number of halogens is 2. The molecule has 1 amide bonds. The summed E-state index contributed by atoms with van der Waals surface area (Å²) in [6.07, 6.45) is 0. The van der Waals surface area contributed by atoms with Gasteiger partial charge in [-0.15, -0.1) is 0 Å². The van der Waals surface area contributed by atoms with E-state index in [-0.39, 0.29) is 17.8 Å². The van der Waals surface area contributed by atoms with Crippen molar-refractivity contribution in [1.82, 2.24) is 10.3 Å². The number of aromatic nitrogens is 1. The predicted molar refractivity (Wildman–Crippen MR) is 85.6 cm³/mol. The molecule has 0 aliphatic heterocycles. The van der Waals surface area contributed by atoms with Crippen molar-refractivity contribution in [3.05, 3.63) is 70.6 Å². The molecule has 3 aromatic rings. The molecule has 0 saturated heterocycles. The summed E-state index contributed by atoms with van der Waals surface area (Å²) in [5, 5.41) is 4.39. The zero-order chi connectivity index (χ0) is 15.7. The highest BCUT2D eigenvalue weighted by atomic mass is 35.5. The van der Waals surface area contributed by atoms with Gasteiger partial charge in [-0.3, -0.25) is 4.79 Å². The molecule has 3 rings (SSSR count). The van der Waals surface area contributed by atoms with Crippen LogP contribution in [0.3, 0.4) is 0 Å². The van der Waals surface area contributed by atoms with Crippen molar-refractivity contribution in [2.45, 2.75) is 13.0 Å². The van der Waals surface area contributed by atoms with Gasteiger partial charge in [-0.1, -0.05) is 23.7 Å². The zero-order valence-electron chi connectivity index (χ0n) is 11.9. The van der Waals surface area contributed by atoms with E-state index in [1.54, 1.807) is 30.3 Å². The van der Waals surface area contributed by atoms with E-state index in [9.17, 15) is 9.18 Å². The van der Waals surface area contributed by atoms with Gasteiger partial charge in [0, 0.05) is 15.9 Å². The predicted octanol–water partition coefficient (Wildman–Crippen LogP) is 4.45. The number of nitrogens with one attached hydrogen (secondary N) is 2. The topological polar surface area (TPSA) is 44.9 Å². The molecule has 1 heterocycles. The van der Waals surface area contributed by atoms with Crippen LogP contribution in [0.15, 0.2) is 48.5 Å². The number of fused-ring (bicyclic) bond motifs is 1. The molecule has 1 unspecified atom stereocenters. The molecule has 2 N–H and O–H groups in total. The summed E-state index contributed by atoms with van der Waals surface area (Å²) in [6, 6.07) is 13.0. The summed E-state index contributed by atoms with van der Waals surface area (Å²) in [6.45, 7) is 1.85. The van der Waals surface area contributed by atoms with Gasteiger partial charge in [0.1, 0.15) is 11.5 Å². The first-order chi connectivity index (χ1) is 10.5. The molecule has 22 heavy (non-hydrogen) atoms. The quantitative estimate of drug-likeness (QED) is 0.736. The Labute approximate surface area is 132 Å². The van der Waals surface area contributed by atoms with Crippen LogP contribution in [0.2, 0.25) is 5.02 Å². The first-order valence-electron chi connectivity index (χ1n) is 6.87. The molecule has 5 heteroatoms. The standard InChI is InChI=1S/C17H14ClFN2O/c1-10(11-2-5-14(19)6-3-11)20-17(22)16-9-12-8-13(18)4-7-15(12)21-16/h2-10,21H,1H3,(H,20,22). The number of hydrogen-bond donors (Lipinski definition) is 2. The third-order valence-corrected chi connectivity index (χ3v) is 3.78. The van der Waals surface area contributed by atoms with Gasteiger partial charge in [0.05, 0.1) is 6.04 Å². The van der Waals surface area contributed by atoms with Crippen LogP contribution in [0, 0.1) is 5.82 Å². The fourth-order valence-electron chi connectivity index (χ4n) is 2.34. The summed E-state index contributed by atoms with van der Waals surface area (Å²) < 4.78 is 12.9. The molecule has 0 bridgehead atoms. The number of aromatic amines is 1. The summed E-state index contributed by atoms with van der Waals surface area (Å²) in [5.41, 5.74) is 2.16. The van der Waals surface area contributed by atoms with Gasteiger partial charge in [-0.05, 0) is 48.9 Å². The molecular weight excluding hydrogens is 303 g/mol. The fourth-order valence-corrected chi connectivity index (χ4v) is 2.52. The van der Waals surface area contributed by atoms with Gasteiger partial charge in [-0.2, -0.15) is 0 Å². The van der Waals surface area contributed by atoms with Gasteiger partial charge in [0.2, 0.25) is 0 Å². The van der Waals surface area contributed by atoms with Crippen LogP contribution in [0.1, 0.15) is 29.0 Å². The van der Waals surface area contributed by atoms with Crippen LogP contribution in [-0.4, -0.2) is 10.9 Å². The zero-order valence-corrected chi connectivity index (χ0v) is 12.6. The van der Waals surface area contributed by atoms with E-state index < -0.39 is 0 Å². The largest absolute Gasteiger partial charge is 0.351 e. The lowest BCUT2D eigenvalue weighted by Crippen LogP contribution is -2.26. The lowest BCUT2D eigenvalue weighted by atomic mass is 10.1. The Kier molecular flexibility index (Phi) is 3.86. The average molecular weight is 317 g/mol. The van der Waals surface area contributed by atoms with Crippen molar-refractivity contribution >= 4 is 28.4 Å². The molecule has 0 spiro atoms. The molecule has 0 fully saturated rings. The maximum atomic E-state index is 12.9. The molecule has 1 atom stereocenters. The van der Waals surface area contributed by atoms with Crippen molar-refractivity contribution < 1.29 is 9.18 Å². The Morgan fingerprint density at radius 2 is 1.91 bits per heavy atom. The van der Waals surface area contributed by atoms with Crippen molar-refractivity contribution in [2.75, 3.05) is 0 Å². The van der Waals surface area contributed by atoms with Crippen molar-refractivity contribution in [1.29, 1.82) is 0 Å². The molecular formula is C17H14ClFN2O. The molecule has 3 nitrogen and oxygen atoms in total. The molecule has 0 radical (unpaired) electrons. The monoisotopic (exact) mass is 316 g/mol. The SMILES string of the molecule is CC(NC(=O)c1cc2cc(Cl)ccc2[nH]1)c1ccc(F)cc1. The third kappa shape index (κ3) is 2.97. The summed E-state index contributed by atoms with van der Waals surface area (Å²) in [4.78, 5) is 15.4. The van der Waals surface area contributed by atoms with Crippen LogP contribution in [0.4, 0.5) is 4.39 Å². The second-order valence-corrected chi connectivity index (χ2v) is 5.60. The Balaban J connectivity index is 1.79. The van der Waals surface area contributed by atoms with E-state index in [1.807, 2.05) is 13.0 Å². The molecule has 0 aliphatic rings. The average Bonchev–Trinajstić information content (AvgIpc) is 2.91. The summed E-state index contributed by atoms with van der Waals surface area (Å²) in [5.74, 6) is -0.515. The Bertz CT molecular complexity index is 826. The minimum Gasteiger partial charge on any atom is -0.351 e. The highest BCUT2D eigenvalue weighted by Gasteiger charge is 2.13. The van der Waals surface area contributed by atoms with Crippen LogP contribution in [0.25, 0.3) is 10.9 Å². The lowest BCUT2D eigenvalue weighted by molar-refractivity contribution is 0.0935. The smallest absolute Gasteiger partial charge is 0.268 e. The third-order valence-electron chi connectivity index (χ3n) is 3.55.